The maximum atomic E-state index is 3.44. The molecule has 1 aromatic heterocycles. The highest BCUT2D eigenvalue weighted by Crippen LogP contribution is 2.50. The summed E-state index contributed by atoms with van der Waals surface area (Å²) in [5, 5.41) is 1.38. The molecule has 4 rings (SSSR count). The Balaban J connectivity index is 1.91. The van der Waals surface area contributed by atoms with Crippen molar-refractivity contribution in [1.29, 1.82) is 0 Å². The van der Waals surface area contributed by atoms with Crippen molar-refractivity contribution < 1.29 is 0 Å². The van der Waals surface area contributed by atoms with E-state index in [9.17, 15) is 0 Å². The van der Waals surface area contributed by atoms with Crippen molar-refractivity contribution in [2.45, 2.75) is 31.6 Å². The number of fused-ring (bicyclic) bond motifs is 1. The molecule has 0 bridgehead atoms. The van der Waals surface area contributed by atoms with Crippen LogP contribution < -0.4 is 0 Å². The first kappa shape index (κ1) is 11.8. The second-order valence-electron chi connectivity index (χ2n) is 6.05. The van der Waals surface area contributed by atoms with Gasteiger partial charge in [0.1, 0.15) is 0 Å². The number of rotatable bonds is 2. The van der Waals surface area contributed by atoms with Gasteiger partial charge in [-0.1, -0.05) is 54.4 Å². The topological polar surface area (TPSA) is 15.8 Å². The minimum Gasteiger partial charge on any atom is -0.361 e. The summed E-state index contributed by atoms with van der Waals surface area (Å²) < 4.78 is 0. The Labute approximate surface area is 119 Å². The molecular weight excluding hydrogens is 242 g/mol. The molecule has 0 spiro atoms. The third kappa shape index (κ3) is 1.56. The summed E-state index contributed by atoms with van der Waals surface area (Å²) in [5.74, 6) is 0. The van der Waals surface area contributed by atoms with E-state index in [-0.39, 0.29) is 5.41 Å². The van der Waals surface area contributed by atoms with Gasteiger partial charge >= 0.3 is 0 Å². The van der Waals surface area contributed by atoms with E-state index in [1.54, 1.807) is 0 Å². The molecule has 0 radical (unpaired) electrons. The molecule has 0 atom stereocenters. The third-order valence-corrected chi connectivity index (χ3v) is 4.92. The van der Waals surface area contributed by atoms with E-state index in [2.05, 4.69) is 66.6 Å². The number of hydrogen-bond donors (Lipinski definition) is 1. The van der Waals surface area contributed by atoms with Crippen LogP contribution in [0.25, 0.3) is 10.9 Å². The number of nitrogens with one attached hydrogen (secondary N) is 1. The Morgan fingerprint density at radius 2 is 1.70 bits per heavy atom. The lowest BCUT2D eigenvalue weighted by Crippen LogP contribution is -2.35. The molecule has 3 aromatic rings. The highest BCUT2D eigenvalue weighted by molar-refractivity contribution is 5.85. The minimum absolute atomic E-state index is 0.229. The largest absolute Gasteiger partial charge is 0.361 e. The molecular formula is C19H19N. The number of aryl methyl sites for hydroxylation is 1. The van der Waals surface area contributed by atoms with Crippen molar-refractivity contribution >= 4 is 10.9 Å². The van der Waals surface area contributed by atoms with Gasteiger partial charge in [-0.15, -0.1) is 0 Å². The Kier molecular flexibility index (Phi) is 2.50. The van der Waals surface area contributed by atoms with Crippen molar-refractivity contribution in [3.8, 4) is 0 Å². The van der Waals surface area contributed by atoms with Gasteiger partial charge in [-0.2, -0.15) is 0 Å². The van der Waals surface area contributed by atoms with Crippen molar-refractivity contribution in [3.05, 3.63) is 71.4 Å². The van der Waals surface area contributed by atoms with Gasteiger partial charge in [-0.3, -0.25) is 0 Å². The van der Waals surface area contributed by atoms with E-state index in [1.165, 1.54) is 46.9 Å². The molecule has 1 heteroatoms. The van der Waals surface area contributed by atoms with Crippen LogP contribution in [0.5, 0.6) is 0 Å². The number of hydrogen-bond acceptors (Lipinski definition) is 0. The number of benzene rings is 2. The lowest BCUT2D eigenvalue weighted by atomic mass is 9.60. The van der Waals surface area contributed by atoms with Gasteiger partial charge in [-0.25, -0.2) is 0 Å². The van der Waals surface area contributed by atoms with Crippen LogP contribution in [-0.4, -0.2) is 4.98 Å². The van der Waals surface area contributed by atoms with Crippen molar-refractivity contribution in [3.63, 3.8) is 0 Å². The quantitative estimate of drug-likeness (QED) is 0.672. The van der Waals surface area contributed by atoms with Crippen LogP contribution in [0.3, 0.4) is 0 Å². The molecule has 1 nitrogen and oxygen atoms in total. The first-order valence-electron chi connectivity index (χ1n) is 7.43. The SMILES string of the molecule is Cc1ccc(C2(c3c[nH]c4ccccc34)CCC2)cc1. The molecule has 20 heavy (non-hydrogen) atoms. The van der Waals surface area contributed by atoms with E-state index in [4.69, 9.17) is 0 Å². The number of aromatic amines is 1. The van der Waals surface area contributed by atoms with Gasteiger partial charge < -0.3 is 4.98 Å². The first-order chi connectivity index (χ1) is 9.79. The third-order valence-electron chi connectivity index (χ3n) is 4.92. The van der Waals surface area contributed by atoms with Crippen LogP contribution in [0, 0.1) is 6.92 Å². The van der Waals surface area contributed by atoms with Crippen LogP contribution in [0.2, 0.25) is 0 Å². The van der Waals surface area contributed by atoms with Crippen LogP contribution in [0.15, 0.2) is 54.7 Å². The summed E-state index contributed by atoms with van der Waals surface area (Å²) in [7, 11) is 0. The molecule has 1 heterocycles. The van der Waals surface area contributed by atoms with E-state index in [0.717, 1.165) is 0 Å². The highest BCUT2D eigenvalue weighted by Gasteiger charge is 2.41. The monoisotopic (exact) mass is 261 g/mol. The van der Waals surface area contributed by atoms with Gasteiger partial charge in [0.25, 0.3) is 0 Å². The average molecular weight is 261 g/mol. The standard InChI is InChI=1S/C19H19N/c1-14-7-9-15(10-8-14)19(11-4-12-19)17-13-20-18-6-3-2-5-16(17)18/h2-3,5-10,13,20H,4,11-12H2,1H3. The molecule has 1 aliphatic carbocycles. The number of para-hydroxylation sites is 1. The molecule has 0 saturated heterocycles. The zero-order valence-corrected chi connectivity index (χ0v) is 11.8. The second kappa shape index (κ2) is 4.24. The fourth-order valence-corrected chi connectivity index (χ4v) is 3.58. The van der Waals surface area contributed by atoms with Crippen LogP contribution >= 0.6 is 0 Å². The molecule has 1 saturated carbocycles. The highest BCUT2D eigenvalue weighted by atomic mass is 14.7. The summed E-state index contributed by atoms with van der Waals surface area (Å²) >= 11 is 0. The maximum absolute atomic E-state index is 3.44. The van der Waals surface area contributed by atoms with Gasteiger partial charge in [0.05, 0.1) is 0 Å². The second-order valence-corrected chi connectivity index (χ2v) is 6.05. The predicted octanol–water partition coefficient (Wildman–Crippen LogP) is 4.95. The molecule has 1 aliphatic rings. The van der Waals surface area contributed by atoms with Crippen LogP contribution in [0.4, 0.5) is 0 Å². The predicted molar refractivity (Wildman–Crippen MR) is 84.1 cm³/mol. The first-order valence-corrected chi connectivity index (χ1v) is 7.43. The van der Waals surface area contributed by atoms with Gasteiger partial charge in [0.2, 0.25) is 0 Å². The molecule has 100 valence electrons. The van der Waals surface area contributed by atoms with Gasteiger partial charge in [-0.05, 0) is 37.0 Å². The lowest BCUT2D eigenvalue weighted by Gasteiger charge is -2.42. The van der Waals surface area contributed by atoms with Crippen LogP contribution in [0.1, 0.15) is 36.0 Å². The lowest BCUT2D eigenvalue weighted by molar-refractivity contribution is 0.304. The number of aromatic nitrogens is 1. The van der Waals surface area contributed by atoms with Gasteiger partial charge in [0.15, 0.2) is 0 Å². The van der Waals surface area contributed by atoms with Crippen molar-refractivity contribution in [2.75, 3.05) is 0 Å². The Hall–Kier alpha value is -2.02. The average Bonchev–Trinajstić information content (AvgIpc) is 2.84. The summed E-state index contributed by atoms with van der Waals surface area (Å²) in [6, 6.07) is 17.8. The van der Waals surface area contributed by atoms with E-state index >= 15 is 0 Å². The molecule has 1 fully saturated rings. The molecule has 2 aromatic carbocycles. The van der Waals surface area contributed by atoms with Crippen molar-refractivity contribution in [1.82, 2.24) is 4.98 Å². The van der Waals surface area contributed by atoms with Crippen LogP contribution in [-0.2, 0) is 5.41 Å². The maximum Gasteiger partial charge on any atom is 0.0457 e. The summed E-state index contributed by atoms with van der Waals surface area (Å²) in [6.07, 6.45) is 6.08. The molecule has 0 amide bonds. The summed E-state index contributed by atoms with van der Waals surface area (Å²) in [4.78, 5) is 3.44. The zero-order chi connectivity index (χ0) is 13.6. The Morgan fingerprint density at radius 1 is 0.950 bits per heavy atom. The van der Waals surface area contributed by atoms with E-state index in [1.807, 2.05) is 0 Å². The molecule has 0 aliphatic heterocycles. The molecule has 1 N–H and O–H groups in total. The fraction of sp³-hybridized carbons (Fsp3) is 0.263. The summed E-state index contributed by atoms with van der Waals surface area (Å²) in [6.45, 7) is 2.16. The minimum atomic E-state index is 0.229. The van der Waals surface area contributed by atoms with E-state index < -0.39 is 0 Å². The zero-order valence-electron chi connectivity index (χ0n) is 11.8. The molecule has 0 unspecified atom stereocenters. The van der Waals surface area contributed by atoms with E-state index in [0.29, 0.717) is 0 Å². The normalized spacial score (nSPS) is 17.1. The van der Waals surface area contributed by atoms with Gasteiger partial charge in [0, 0.05) is 22.5 Å². The number of H-pyrrole nitrogens is 1. The summed E-state index contributed by atoms with van der Waals surface area (Å²) in [5.41, 5.74) is 5.76. The Morgan fingerprint density at radius 3 is 2.40 bits per heavy atom. The smallest absolute Gasteiger partial charge is 0.0457 e. The van der Waals surface area contributed by atoms with Crippen molar-refractivity contribution in [2.24, 2.45) is 0 Å². The fourth-order valence-electron chi connectivity index (χ4n) is 3.58. The Bertz CT molecular complexity index is 745.